The summed E-state index contributed by atoms with van der Waals surface area (Å²) in [4.78, 5) is 43.6. The average Bonchev–Trinajstić information content (AvgIpc) is 2.79. The van der Waals surface area contributed by atoms with E-state index in [1.54, 1.807) is 23.0 Å². The molecule has 1 saturated carbocycles. The highest BCUT2D eigenvalue weighted by molar-refractivity contribution is 5.94. The van der Waals surface area contributed by atoms with Crippen molar-refractivity contribution in [1.29, 1.82) is 0 Å². The number of benzene rings is 1. The number of halogens is 1. The second-order valence-electron chi connectivity index (χ2n) is 9.32. The largest absolute Gasteiger partial charge is 0.338 e. The molecule has 3 fully saturated rings. The van der Waals surface area contributed by atoms with Crippen molar-refractivity contribution in [2.24, 2.45) is 0 Å². The van der Waals surface area contributed by atoms with Gasteiger partial charge < -0.3 is 15.1 Å². The Morgan fingerprint density at radius 2 is 1.94 bits per heavy atom. The van der Waals surface area contributed by atoms with Crippen molar-refractivity contribution in [1.82, 2.24) is 19.8 Å². The average molecular weight is 460 g/mol. The lowest BCUT2D eigenvalue weighted by atomic mass is 9.91. The SMILES string of the molecule is CCCC[C@H]1C(=O)N(C2CCCCC2)C[C@H]2N1C(=O)CN(C)N2C(=O)Nc1cccc(F)c1. The molecule has 2 atom stereocenters. The van der Waals surface area contributed by atoms with Gasteiger partial charge in [-0.15, -0.1) is 0 Å². The molecule has 1 aliphatic carbocycles. The maximum atomic E-state index is 13.7. The van der Waals surface area contributed by atoms with Gasteiger partial charge in [-0.3, -0.25) is 9.59 Å². The van der Waals surface area contributed by atoms with Crippen LogP contribution < -0.4 is 5.32 Å². The van der Waals surface area contributed by atoms with Crippen LogP contribution in [0.25, 0.3) is 0 Å². The van der Waals surface area contributed by atoms with Gasteiger partial charge in [0.1, 0.15) is 18.0 Å². The number of hydrazine groups is 1. The van der Waals surface area contributed by atoms with Crippen LogP contribution in [-0.2, 0) is 9.59 Å². The summed E-state index contributed by atoms with van der Waals surface area (Å²) in [5.74, 6) is -0.576. The van der Waals surface area contributed by atoms with E-state index in [1.165, 1.54) is 29.6 Å². The summed E-state index contributed by atoms with van der Waals surface area (Å²) in [6.07, 6.45) is 7.01. The van der Waals surface area contributed by atoms with Crippen molar-refractivity contribution >= 4 is 23.5 Å². The molecule has 9 heteroatoms. The number of hydrogen-bond acceptors (Lipinski definition) is 4. The van der Waals surface area contributed by atoms with E-state index in [9.17, 15) is 18.8 Å². The van der Waals surface area contributed by atoms with Crippen molar-refractivity contribution in [3.05, 3.63) is 30.1 Å². The number of piperazine rings is 1. The molecule has 1 aromatic rings. The fraction of sp³-hybridized carbons (Fsp3) is 0.625. The number of fused-ring (bicyclic) bond motifs is 1. The summed E-state index contributed by atoms with van der Waals surface area (Å²) in [6, 6.07) is 4.87. The Kier molecular flexibility index (Phi) is 7.17. The molecular weight excluding hydrogens is 425 g/mol. The van der Waals surface area contributed by atoms with Crippen LogP contribution in [0.5, 0.6) is 0 Å². The van der Waals surface area contributed by atoms with Crippen LogP contribution in [0.3, 0.4) is 0 Å². The van der Waals surface area contributed by atoms with Crippen LogP contribution in [0.15, 0.2) is 24.3 Å². The van der Waals surface area contributed by atoms with Crippen LogP contribution in [0.1, 0.15) is 58.3 Å². The molecule has 0 radical (unpaired) electrons. The van der Waals surface area contributed by atoms with Crippen molar-refractivity contribution in [2.45, 2.75) is 76.5 Å². The number of anilines is 1. The predicted octanol–water partition coefficient (Wildman–Crippen LogP) is 3.41. The summed E-state index contributed by atoms with van der Waals surface area (Å²) < 4.78 is 13.7. The Hall–Kier alpha value is -2.68. The first-order chi connectivity index (χ1) is 15.9. The quantitative estimate of drug-likeness (QED) is 0.732. The third-order valence-electron chi connectivity index (χ3n) is 7.02. The maximum Gasteiger partial charge on any atom is 0.338 e. The Morgan fingerprint density at radius 3 is 2.64 bits per heavy atom. The molecule has 1 N–H and O–H groups in total. The van der Waals surface area contributed by atoms with E-state index in [0.717, 1.165) is 38.5 Å². The smallest absolute Gasteiger partial charge is 0.334 e. The number of rotatable bonds is 5. The second-order valence-corrected chi connectivity index (χ2v) is 9.32. The van der Waals surface area contributed by atoms with Crippen molar-refractivity contribution in [3.8, 4) is 0 Å². The van der Waals surface area contributed by atoms with Gasteiger partial charge >= 0.3 is 6.03 Å². The zero-order chi connectivity index (χ0) is 23.5. The van der Waals surface area contributed by atoms with Gasteiger partial charge in [0, 0.05) is 18.8 Å². The van der Waals surface area contributed by atoms with Crippen LogP contribution in [0.2, 0.25) is 0 Å². The minimum absolute atomic E-state index is 0.00635. The highest BCUT2D eigenvalue weighted by atomic mass is 19.1. The number of hydrogen-bond donors (Lipinski definition) is 1. The zero-order valence-corrected chi connectivity index (χ0v) is 19.5. The molecule has 0 unspecified atom stereocenters. The molecule has 0 spiro atoms. The first-order valence-corrected chi connectivity index (χ1v) is 12.1. The Morgan fingerprint density at radius 1 is 1.18 bits per heavy atom. The first-order valence-electron chi connectivity index (χ1n) is 12.1. The van der Waals surface area contributed by atoms with E-state index in [0.29, 0.717) is 18.7 Å². The molecule has 4 amide bonds. The van der Waals surface area contributed by atoms with Gasteiger partial charge in [0.25, 0.3) is 0 Å². The first kappa shape index (κ1) is 23.5. The molecule has 2 aliphatic heterocycles. The summed E-state index contributed by atoms with van der Waals surface area (Å²) in [5, 5.41) is 5.88. The second kappa shape index (κ2) is 10.1. The van der Waals surface area contributed by atoms with Crippen LogP contribution in [0.4, 0.5) is 14.9 Å². The third kappa shape index (κ3) is 4.83. The summed E-state index contributed by atoms with van der Waals surface area (Å²) in [5.41, 5.74) is 0.343. The maximum absolute atomic E-state index is 13.7. The zero-order valence-electron chi connectivity index (χ0n) is 19.5. The van der Waals surface area contributed by atoms with Crippen molar-refractivity contribution < 1.29 is 18.8 Å². The number of amides is 4. The van der Waals surface area contributed by atoms with E-state index in [4.69, 9.17) is 0 Å². The highest BCUT2D eigenvalue weighted by Gasteiger charge is 2.51. The third-order valence-corrected chi connectivity index (χ3v) is 7.02. The fourth-order valence-electron chi connectivity index (χ4n) is 5.41. The lowest BCUT2D eigenvalue weighted by Gasteiger charge is -2.55. The van der Waals surface area contributed by atoms with Gasteiger partial charge in [-0.25, -0.2) is 19.2 Å². The molecule has 0 aromatic heterocycles. The van der Waals surface area contributed by atoms with Crippen molar-refractivity contribution in [3.63, 3.8) is 0 Å². The molecule has 180 valence electrons. The topological polar surface area (TPSA) is 76.2 Å². The number of urea groups is 1. The summed E-state index contributed by atoms with van der Waals surface area (Å²) in [6.45, 7) is 2.36. The molecule has 2 saturated heterocycles. The number of nitrogens with zero attached hydrogens (tertiary/aromatic N) is 4. The summed E-state index contributed by atoms with van der Waals surface area (Å²) in [7, 11) is 1.70. The van der Waals surface area contributed by atoms with E-state index in [2.05, 4.69) is 12.2 Å². The van der Waals surface area contributed by atoms with E-state index < -0.39 is 24.1 Å². The molecule has 3 aliphatic rings. The number of unbranched alkanes of at least 4 members (excludes halogenated alkanes) is 1. The summed E-state index contributed by atoms with van der Waals surface area (Å²) >= 11 is 0. The van der Waals surface area contributed by atoms with Gasteiger partial charge in [-0.2, -0.15) is 0 Å². The van der Waals surface area contributed by atoms with E-state index in [-0.39, 0.29) is 24.4 Å². The van der Waals surface area contributed by atoms with Gasteiger partial charge in [0.05, 0.1) is 13.1 Å². The Bertz CT molecular complexity index is 891. The highest BCUT2D eigenvalue weighted by Crippen LogP contribution is 2.32. The fourth-order valence-corrected chi connectivity index (χ4v) is 5.41. The van der Waals surface area contributed by atoms with Crippen LogP contribution in [-0.4, -0.2) is 76.0 Å². The molecule has 0 bridgehead atoms. The predicted molar refractivity (Wildman–Crippen MR) is 122 cm³/mol. The van der Waals surface area contributed by atoms with Crippen molar-refractivity contribution in [2.75, 3.05) is 25.5 Å². The van der Waals surface area contributed by atoms with Gasteiger partial charge in [0.15, 0.2) is 0 Å². The number of likely N-dealkylation sites (N-methyl/N-ethyl adjacent to an activating group) is 1. The lowest BCUT2D eigenvalue weighted by molar-refractivity contribution is -0.189. The monoisotopic (exact) mass is 459 g/mol. The molecule has 1 aromatic carbocycles. The molecule has 8 nitrogen and oxygen atoms in total. The normalized spacial score (nSPS) is 24.8. The van der Waals surface area contributed by atoms with Crippen LogP contribution >= 0.6 is 0 Å². The standard InChI is InChI=1S/C24H34FN5O3/c1-3-4-13-20-23(32)28(19-11-6-5-7-12-19)15-21-29(20)22(31)16-27(2)30(21)24(33)26-18-10-8-9-17(25)14-18/h8-10,14,19-21H,3-7,11-13,15-16H2,1-2H3,(H,26,33)/t20-,21-/m0/s1. The minimum atomic E-state index is -0.591. The Labute approximate surface area is 194 Å². The van der Waals surface area contributed by atoms with Gasteiger partial charge in [0.2, 0.25) is 11.8 Å². The lowest BCUT2D eigenvalue weighted by Crippen LogP contribution is -2.76. The number of nitrogens with one attached hydrogen (secondary N) is 1. The molecule has 4 rings (SSSR count). The van der Waals surface area contributed by atoms with E-state index in [1.807, 2.05) is 4.90 Å². The Balaban J connectivity index is 1.64. The minimum Gasteiger partial charge on any atom is -0.334 e. The van der Waals surface area contributed by atoms with Gasteiger partial charge in [-0.05, 0) is 37.5 Å². The molecular formula is C24H34FN5O3. The number of carbonyl (C=O) groups excluding carboxylic acids is 3. The molecule has 2 heterocycles. The molecule has 33 heavy (non-hydrogen) atoms. The van der Waals surface area contributed by atoms with E-state index >= 15 is 0 Å². The van der Waals surface area contributed by atoms with Crippen LogP contribution in [0, 0.1) is 5.82 Å². The van der Waals surface area contributed by atoms with Gasteiger partial charge in [-0.1, -0.05) is 45.1 Å². The number of carbonyl (C=O) groups is 3.